The van der Waals surface area contributed by atoms with Crippen molar-refractivity contribution in [1.82, 2.24) is 15.5 Å². The normalized spacial score (nSPS) is 14.3. The van der Waals surface area contributed by atoms with Crippen LogP contribution in [0.3, 0.4) is 0 Å². The number of aliphatic imine (C=N–C) groups is 1. The Morgan fingerprint density at radius 3 is 2.58 bits per heavy atom. The topological polar surface area (TPSA) is 56.7 Å². The van der Waals surface area contributed by atoms with E-state index in [0.717, 1.165) is 38.4 Å². The molecule has 0 unspecified atom stereocenters. The van der Waals surface area contributed by atoms with E-state index >= 15 is 0 Å². The maximum absolute atomic E-state index is 12.5. The van der Waals surface area contributed by atoms with Crippen LogP contribution in [-0.4, -0.2) is 41.9 Å². The van der Waals surface area contributed by atoms with Gasteiger partial charge in [-0.25, -0.2) is 0 Å². The van der Waals surface area contributed by atoms with Crippen LogP contribution in [0.25, 0.3) is 0 Å². The summed E-state index contributed by atoms with van der Waals surface area (Å²) in [6.45, 7) is 11.4. The number of carbonyl (C=O) groups is 1. The van der Waals surface area contributed by atoms with Crippen LogP contribution >= 0.6 is 24.0 Å². The van der Waals surface area contributed by atoms with Gasteiger partial charge in [0.15, 0.2) is 5.96 Å². The average Bonchev–Trinajstić information content (AvgIpc) is 2.57. The molecule has 6 heteroatoms. The van der Waals surface area contributed by atoms with Crippen LogP contribution in [0.15, 0.2) is 29.3 Å². The van der Waals surface area contributed by atoms with E-state index in [4.69, 9.17) is 0 Å². The van der Waals surface area contributed by atoms with E-state index in [0.29, 0.717) is 13.0 Å². The summed E-state index contributed by atoms with van der Waals surface area (Å²) in [6, 6.07) is 8.41. The zero-order valence-corrected chi connectivity index (χ0v) is 18.8. The van der Waals surface area contributed by atoms with Crippen LogP contribution < -0.4 is 10.6 Å². The second-order valence-corrected chi connectivity index (χ2v) is 7.57. The lowest BCUT2D eigenvalue weighted by atomic mass is 9.99. The molecule has 146 valence electrons. The Morgan fingerprint density at radius 1 is 1.23 bits per heavy atom. The molecule has 0 aromatic heterocycles. The van der Waals surface area contributed by atoms with Gasteiger partial charge in [0.2, 0.25) is 5.91 Å². The summed E-state index contributed by atoms with van der Waals surface area (Å²) < 4.78 is 0. The molecule has 1 aliphatic heterocycles. The maximum Gasteiger partial charge on any atom is 0.222 e. The van der Waals surface area contributed by atoms with E-state index < -0.39 is 0 Å². The maximum atomic E-state index is 12.5. The number of benzene rings is 1. The minimum absolute atomic E-state index is 0. The lowest BCUT2D eigenvalue weighted by Crippen LogP contribution is -2.47. The summed E-state index contributed by atoms with van der Waals surface area (Å²) >= 11 is 0. The Bertz CT molecular complexity index is 610. The molecule has 0 atom stereocenters. The highest BCUT2D eigenvalue weighted by molar-refractivity contribution is 14.0. The van der Waals surface area contributed by atoms with E-state index in [2.05, 4.69) is 61.5 Å². The molecule has 0 spiro atoms. The first-order valence-electron chi connectivity index (χ1n) is 9.30. The number of halogens is 1. The van der Waals surface area contributed by atoms with Crippen molar-refractivity contribution in [2.75, 3.05) is 19.6 Å². The van der Waals surface area contributed by atoms with Gasteiger partial charge in [0.1, 0.15) is 0 Å². The van der Waals surface area contributed by atoms with Crippen molar-refractivity contribution in [3.05, 3.63) is 35.4 Å². The summed E-state index contributed by atoms with van der Waals surface area (Å²) in [5, 5.41) is 6.61. The Balaban J connectivity index is 0.00000338. The first-order chi connectivity index (χ1) is 11.9. The van der Waals surface area contributed by atoms with Crippen LogP contribution in [0.4, 0.5) is 0 Å². The summed E-state index contributed by atoms with van der Waals surface area (Å²) in [6.07, 6.45) is 2.29. The van der Waals surface area contributed by atoms with Gasteiger partial charge in [0.25, 0.3) is 0 Å². The number of hydrogen-bond acceptors (Lipinski definition) is 2. The number of rotatable bonds is 5. The minimum atomic E-state index is -0.0297. The predicted molar refractivity (Wildman–Crippen MR) is 119 cm³/mol. The van der Waals surface area contributed by atoms with Crippen molar-refractivity contribution in [3.8, 4) is 0 Å². The van der Waals surface area contributed by atoms with Crippen LogP contribution in [0, 0.1) is 0 Å². The Hall–Kier alpha value is -1.31. The fourth-order valence-corrected chi connectivity index (χ4v) is 2.95. The van der Waals surface area contributed by atoms with Gasteiger partial charge in [0, 0.05) is 38.1 Å². The van der Waals surface area contributed by atoms with Crippen LogP contribution in [-0.2, 0) is 17.8 Å². The largest absolute Gasteiger partial charge is 0.357 e. The third-order valence-electron chi connectivity index (χ3n) is 4.14. The summed E-state index contributed by atoms with van der Waals surface area (Å²) in [5.41, 5.74) is 2.63. The molecule has 0 bridgehead atoms. The molecule has 1 aromatic rings. The summed E-state index contributed by atoms with van der Waals surface area (Å²) in [7, 11) is 0. The molecule has 5 nitrogen and oxygen atoms in total. The lowest BCUT2D eigenvalue weighted by molar-refractivity contribution is -0.132. The number of nitrogens with one attached hydrogen (secondary N) is 2. The Morgan fingerprint density at radius 2 is 1.92 bits per heavy atom. The molecule has 0 saturated carbocycles. The average molecular weight is 472 g/mol. The SMILES string of the molecule is CCNC(=NCCCC(=O)N1CCc2ccccc2C1)NC(C)(C)C.I. The van der Waals surface area contributed by atoms with Gasteiger partial charge in [-0.2, -0.15) is 0 Å². The number of nitrogens with zero attached hydrogens (tertiary/aromatic N) is 2. The molecule has 1 heterocycles. The molecule has 0 saturated heterocycles. The van der Waals surface area contributed by atoms with Gasteiger partial charge in [-0.15, -0.1) is 24.0 Å². The zero-order valence-electron chi connectivity index (χ0n) is 16.5. The molecule has 2 rings (SSSR count). The monoisotopic (exact) mass is 472 g/mol. The highest BCUT2D eigenvalue weighted by Crippen LogP contribution is 2.19. The molecule has 1 aliphatic rings. The summed E-state index contributed by atoms with van der Waals surface area (Å²) in [4.78, 5) is 19.0. The Kier molecular flexibility index (Phi) is 9.39. The highest BCUT2D eigenvalue weighted by atomic mass is 127. The molecule has 1 aromatic carbocycles. The van der Waals surface area contributed by atoms with E-state index in [9.17, 15) is 4.79 Å². The fourth-order valence-electron chi connectivity index (χ4n) is 2.95. The van der Waals surface area contributed by atoms with Crippen molar-refractivity contribution in [3.63, 3.8) is 0 Å². The van der Waals surface area contributed by atoms with E-state index in [-0.39, 0.29) is 35.4 Å². The van der Waals surface area contributed by atoms with Crippen molar-refractivity contribution in [1.29, 1.82) is 0 Å². The van der Waals surface area contributed by atoms with Crippen molar-refractivity contribution >= 4 is 35.8 Å². The van der Waals surface area contributed by atoms with Gasteiger partial charge in [0.05, 0.1) is 0 Å². The minimum Gasteiger partial charge on any atom is -0.357 e. The standard InChI is InChI=1S/C20H32N4O.HI/c1-5-21-19(23-20(2,3)4)22-13-8-11-18(25)24-14-12-16-9-6-7-10-17(16)15-24;/h6-7,9-10H,5,8,11-15H2,1-4H3,(H2,21,22,23);1H. The van der Waals surface area contributed by atoms with Crippen LogP contribution in [0.1, 0.15) is 51.7 Å². The summed E-state index contributed by atoms with van der Waals surface area (Å²) in [5.74, 6) is 1.05. The first kappa shape index (κ1) is 22.7. The number of carbonyl (C=O) groups excluding carboxylic acids is 1. The molecule has 0 fully saturated rings. The number of fused-ring (bicyclic) bond motifs is 1. The molecule has 2 N–H and O–H groups in total. The van der Waals surface area contributed by atoms with Crippen LogP contribution in [0.2, 0.25) is 0 Å². The molecule has 0 aliphatic carbocycles. The smallest absolute Gasteiger partial charge is 0.222 e. The third-order valence-corrected chi connectivity index (χ3v) is 4.14. The quantitative estimate of drug-likeness (QED) is 0.299. The van der Waals surface area contributed by atoms with Crippen LogP contribution in [0.5, 0.6) is 0 Å². The van der Waals surface area contributed by atoms with Gasteiger partial charge >= 0.3 is 0 Å². The van der Waals surface area contributed by atoms with Gasteiger partial charge in [-0.1, -0.05) is 24.3 Å². The molecule has 1 amide bonds. The highest BCUT2D eigenvalue weighted by Gasteiger charge is 2.19. The van der Waals surface area contributed by atoms with Crippen molar-refractivity contribution in [2.45, 2.75) is 59.0 Å². The molecular weight excluding hydrogens is 439 g/mol. The molecule has 26 heavy (non-hydrogen) atoms. The van der Waals surface area contributed by atoms with Gasteiger partial charge < -0.3 is 15.5 Å². The number of guanidine groups is 1. The van der Waals surface area contributed by atoms with E-state index in [1.54, 1.807) is 0 Å². The first-order valence-corrected chi connectivity index (χ1v) is 9.30. The zero-order chi connectivity index (χ0) is 18.3. The number of amides is 1. The van der Waals surface area contributed by atoms with Crippen molar-refractivity contribution < 1.29 is 4.79 Å². The predicted octanol–water partition coefficient (Wildman–Crippen LogP) is 3.32. The second kappa shape index (κ2) is 10.7. The molecule has 0 radical (unpaired) electrons. The Labute approximate surface area is 175 Å². The number of hydrogen-bond donors (Lipinski definition) is 2. The van der Waals surface area contributed by atoms with E-state index in [1.807, 2.05) is 11.0 Å². The van der Waals surface area contributed by atoms with E-state index in [1.165, 1.54) is 11.1 Å². The van der Waals surface area contributed by atoms with Crippen molar-refractivity contribution in [2.24, 2.45) is 4.99 Å². The fraction of sp³-hybridized carbons (Fsp3) is 0.600. The van der Waals surface area contributed by atoms with Gasteiger partial charge in [-0.3, -0.25) is 9.79 Å². The molecular formula is C20H33IN4O. The van der Waals surface area contributed by atoms with Gasteiger partial charge in [-0.05, 0) is 51.7 Å². The lowest BCUT2D eigenvalue weighted by Gasteiger charge is -2.29. The second-order valence-electron chi connectivity index (χ2n) is 7.57. The third kappa shape index (κ3) is 7.51.